The van der Waals surface area contributed by atoms with Crippen molar-refractivity contribution in [3.8, 4) is 17.2 Å². The molecule has 1 N–H and O–H groups in total. The molecule has 0 bridgehead atoms. The number of hydrogen-bond donors (Lipinski definition) is 1. The maximum absolute atomic E-state index is 5.53. The third-order valence-electron chi connectivity index (χ3n) is 4.00. The van der Waals surface area contributed by atoms with Crippen LogP contribution in [0, 0.1) is 5.92 Å². The summed E-state index contributed by atoms with van der Waals surface area (Å²) in [5.41, 5.74) is 1.10. The second-order valence-corrected chi connectivity index (χ2v) is 4.90. The van der Waals surface area contributed by atoms with E-state index in [0.29, 0.717) is 5.92 Å². The number of hydrogen-bond acceptors (Lipinski definition) is 4. The van der Waals surface area contributed by atoms with Crippen molar-refractivity contribution >= 4 is 0 Å². The van der Waals surface area contributed by atoms with Crippen LogP contribution in [0.15, 0.2) is 12.1 Å². The van der Waals surface area contributed by atoms with Crippen LogP contribution in [-0.2, 0) is 0 Å². The highest BCUT2D eigenvalue weighted by Gasteiger charge is 2.32. The minimum Gasteiger partial charge on any atom is -0.496 e. The van der Waals surface area contributed by atoms with Crippen LogP contribution in [0.25, 0.3) is 0 Å². The van der Waals surface area contributed by atoms with Gasteiger partial charge in [-0.2, -0.15) is 0 Å². The van der Waals surface area contributed by atoms with E-state index < -0.39 is 0 Å². The number of nitrogens with one attached hydrogen (secondary N) is 1. The molecule has 1 atom stereocenters. The summed E-state index contributed by atoms with van der Waals surface area (Å²) in [7, 11) is 7.01. The van der Waals surface area contributed by atoms with Crippen LogP contribution >= 0.6 is 0 Å². The molecule has 1 aliphatic rings. The Hall–Kier alpha value is -1.42. The van der Waals surface area contributed by atoms with Gasteiger partial charge in [0.05, 0.1) is 26.9 Å². The molecule has 0 radical (unpaired) electrons. The Kier molecular flexibility index (Phi) is 4.53. The molecule has 0 aromatic heterocycles. The van der Waals surface area contributed by atoms with E-state index in [1.807, 2.05) is 19.2 Å². The monoisotopic (exact) mass is 265 g/mol. The van der Waals surface area contributed by atoms with Crippen molar-refractivity contribution in [2.24, 2.45) is 5.92 Å². The second kappa shape index (κ2) is 6.15. The van der Waals surface area contributed by atoms with E-state index in [1.54, 1.807) is 21.3 Å². The van der Waals surface area contributed by atoms with E-state index in [-0.39, 0.29) is 6.04 Å². The molecule has 1 unspecified atom stereocenters. The fourth-order valence-electron chi connectivity index (χ4n) is 2.73. The summed E-state index contributed by atoms with van der Waals surface area (Å²) in [5.74, 6) is 3.05. The van der Waals surface area contributed by atoms with Gasteiger partial charge >= 0.3 is 0 Å². The summed E-state index contributed by atoms with van der Waals surface area (Å²) in [5, 5.41) is 3.41. The topological polar surface area (TPSA) is 39.7 Å². The Morgan fingerprint density at radius 2 is 1.63 bits per heavy atom. The Labute approximate surface area is 115 Å². The van der Waals surface area contributed by atoms with Gasteiger partial charge in [0.2, 0.25) is 0 Å². The van der Waals surface area contributed by atoms with Gasteiger partial charge in [-0.25, -0.2) is 0 Å². The van der Waals surface area contributed by atoms with Crippen LogP contribution in [-0.4, -0.2) is 28.4 Å². The van der Waals surface area contributed by atoms with Gasteiger partial charge in [-0.15, -0.1) is 0 Å². The minimum absolute atomic E-state index is 0.268. The lowest BCUT2D eigenvalue weighted by atomic mass is 9.76. The second-order valence-electron chi connectivity index (χ2n) is 4.90. The predicted molar refractivity (Wildman–Crippen MR) is 75.2 cm³/mol. The molecule has 0 spiro atoms. The molecule has 0 saturated heterocycles. The summed E-state index contributed by atoms with van der Waals surface area (Å²) in [4.78, 5) is 0. The maximum Gasteiger partial charge on any atom is 0.131 e. The standard InChI is InChI=1S/C15H23NO3/c1-16-15(10-6-5-7-10)14-12(18-3)8-11(17-2)9-13(14)19-4/h8-10,15-16H,5-7H2,1-4H3. The van der Waals surface area contributed by atoms with E-state index in [4.69, 9.17) is 14.2 Å². The van der Waals surface area contributed by atoms with E-state index in [0.717, 1.165) is 22.8 Å². The van der Waals surface area contributed by atoms with Crippen molar-refractivity contribution in [3.63, 3.8) is 0 Å². The molecule has 1 fully saturated rings. The molecule has 1 aliphatic carbocycles. The lowest BCUT2D eigenvalue weighted by Gasteiger charge is -2.35. The molecular formula is C15H23NO3. The summed E-state index contributed by atoms with van der Waals surface area (Å²) < 4.78 is 16.4. The van der Waals surface area contributed by atoms with Crippen molar-refractivity contribution in [1.82, 2.24) is 5.32 Å². The van der Waals surface area contributed by atoms with Crippen LogP contribution in [0.3, 0.4) is 0 Å². The van der Waals surface area contributed by atoms with E-state index in [1.165, 1.54) is 19.3 Å². The van der Waals surface area contributed by atoms with E-state index in [9.17, 15) is 0 Å². The summed E-state index contributed by atoms with van der Waals surface area (Å²) in [6, 6.07) is 4.10. The highest BCUT2D eigenvalue weighted by Crippen LogP contribution is 2.45. The third-order valence-corrected chi connectivity index (χ3v) is 4.00. The quantitative estimate of drug-likeness (QED) is 0.858. The molecule has 4 nitrogen and oxygen atoms in total. The van der Waals surface area contributed by atoms with Gasteiger partial charge in [0.15, 0.2) is 0 Å². The van der Waals surface area contributed by atoms with Gasteiger partial charge in [-0.1, -0.05) is 6.42 Å². The van der Waals surface area contributed by atoms with Gasteiger partial charge in [-0.3, -0.25) is 0 Å². The van der Waals surface area contributed by atoms with Gasteiger partial charge < -0.3 is 19.5 Å². The zero-order valence-corrected chi connectivity index (χ0v) is 12.2. The normalized spacial score (nSPS) is 16.6. The molecule has 0 aliphatic heterocycles. The summed E-state index contributed by atoms with van der Waals surface area (Å²) in [6.45, 7) is 0. The Morgan fingerprint density at radius 3 is 1.95 bits per heavy atom. The molecular weight excluding hydrogens is 242 g/mol. The first-order valence-electron chi connectivity index (χ1n) is 6.72. The number of ether oxygens (including phenoxy) is 3. The molecule has 1 aromatic carbocycles. The van der Waals surface area contributed by atoms with Crippen LogP contribution < -0.4 is 19.5 Å². The molecule has 4 heteroatoms. The lowest BCUT2D eigenvalue weighted by molar-refractivity contribution is 0.229. The lowest BCUT2D eigenvalue weighted by Crippen LogP contribution is -2.30. The van der Waals surface area contributed by atoms with E-state index >= 15 is 0 Å². The SMILES string of the molecule is CNC(c1c(OC)cc(OC)cc1OC)C1CCC1. The van der Waals surface area contributed by atoms with Crippen LogP contribution in [0.2, 0.25) is 0 Å². The Bertz CT molecular complexity index is 404. The van der Waals surface area contributed by atoms with Crippen molar-refractivity contribution in [2.75, 3.05) is 28.4 Å². The van der Waals surface area contributed by atoms with Crippen LogP contribution in [0.4, 0.5) is 0 Å². The first kappa shape index (κ1) is 14.0. The number of rotatable bonds is 6. The first-order chi connectivity index (χ1) is 9.24. The minimum atomic E-state index is 0.268. The first-order valence-corrected chi connectivity index (χ1v) is 6.72. The molecule has 106 valence electrons. The number of methoxy groups -OCH3 is 3. The van der Waals surface area contributed by atoms with Crippen LogP contribution in [0.5, 0.6) is 17.2 Å². The molecule has 19 heavy (non-hydrogen) atoms. The van der Waals surface area contributed by atoms with E-state index in [2.05, 4.69) is 5.32 Å². The number of benzene rings is 1. The maximum atomic E-state index is 5.53. The van der Waals surface area contributed by atoms with Gasteiger partial charge in [0.1, 0.15) is 17.2 Å². The zero-order valence-electron chi connectivity index (χ0n) is 12.2. The van der Waals surface area contributed by atoms with Crippen LogP contribution in [0.1, 0.15) is 30.9 Å². The molecule has 0 amide bonds. The average Bonchev–Trinajstić information content (AvgIpc) is 2.41. The van der Waals surface area contributed by atoms with Crippen molar-refractivity contribution in [3.05, 3.63) is 17.7 Å². The fraction of sp³-hybridized carbons (Fsp3) is 0.600. The Morgan fingerprint density at radius 1 is 1.05 bits per heavy atom. The van der Waals surface area contributed by atoms with Crippen molar-refractivity contribution in [1.29, 1.82) is 0 Å². The van der Waals surface area contributed by atoms with Crippen molar-refractivity contribution < 1.29 is 14.2 Å². The highest BCUT2D eigenvalue weighted by molar-refractivity contribution is 5.52. The van der Waals surface area contributed by atoms with Gasteiger partial charge in [0.25, 0.3) is 0 Å². The van der Waals surface area contributed by atoms with Gasteiger partial charge in [0, 0.05) is 18.2 Å². The summed E-state index contributed by atoms with van der Waals surface area (Å²) >= 11 is 0. The smallest absolute Gasteiger partial charge is 0.131 e. The molecule has 1 saturated carbocycles. The van der Waals surface area contributed by atoms with Crippen molar-refractivity contribution in [2.45, 2.75) is 25.3 Å². The summed E-state index contributed by atoms with van der Waals surface area (Å²) in [6.07, 6.45) is 3.82. The predicted octanol–water partition coefficient (Wildman–Crippen LogP) is 2.77. The fourth-order valence-corrected chi connectivity index (χ4v) is 2.73. The largest absolute Gasteiger partial charge is 0.496 e. The molecule has 0 heterocycles. The molecule has 1 aromatic rings. The van der Waals surface area contributed by atoms with Gasteiger partial charge in [-0.05, 0) is 25.8 Å². The highest BCUT2D eigenvalue weighted by atomic mass is 16.5. The Balaban J connectivity index is 2.45. The molecule has 2 rings (SSSR count). The third kappa shape index (κ3) is 2.63. The average molecular weight is 265 g/mol. The zero-order chi connectivity index (χ0) is 13.8.